The van der Waals surface area contributed by atoms with Gasteiger partial charge >= 0.3 is 0 Å². The average molecular weight is 587 g/mol. The van der Waals surface area contributed by atoms with Crippen LogP contribution in [0.15, 0.2) is 152 Å². The van der Waals surface area contributed by atoms with Crippen LogP contribution in [0.2, 0.25) is 0 Å². The molecule has 0 aromatic heterocycles. The van der Waals surface area contributed by atoms with Gasteiger partial charge in [0.2, 0.25) is 0 Å². The molecule has 0 heteroatoms. The van der Waals surface area contributed by atoms with Crippen molar-refractivity contribution in [3.05, 3.63) is 168 Å². The van der Waals surface area contributed by atoms with Gasteiger partial charge in [0.25, 0.3) is 0 Å². The molecule has 0 heterocycles. The molecule has 0 amide bonds. The van der Waals surface area contributed by atoms with Gasteiger partial charge in [0, 0.05) is 0 Å². The summed E-state index contributed by atoms with van der Waals surface area (Å²) in [5.41, 5.74) is 11.8. The summed E-state index contributed by atoms with van der Waals surface area (Å²) in [5.74, 6) is 0. The van der Waals surface area contributed by atoms with Gasteiger partial charge in [-0.05, 0) is 86.8 Å². The Bertz CT molecular complexity index is 1860. The predicted molar refractivity (Wildman–Crippen MR) is 201 cm³/mol. The third-order valence-corrected chi connectivity index (χ3v) is 7.88. The molecule has 0 N–H and O–H groups in total. The lowest BCUT2D eigenvalue weighted by molar-refractivity contribution is 1.41. The van der Waals surface area contributed by atoms with E-state index < -0.39 is 0 Å². The summed E-state index contributed by atoms with van der Waals surface area (Å²) < 4.78 is 0. The Morgan fingerprint density at radius 1 is 0.311 bits per heavy atom. The highest BCUT2D eigenvalue weighted by Gasteiger charge is 2.16. The third-order valence-electron chi connectivity index (χ3n) is 7.88. The number of hydrogen-bond acceptors (Lipinski definition) is 0. The Morgan fingerprint density at radius 2 is 0.667 bits per heavy atom. The molecule has 226 valence electrons. The maximum atomic E-state index is 2.29. The van der Waals surface area contributed by atoms with Gasteiger partial charge < -0.3 is 0 Å². The zero-order valence-corrected chi connectivity index (χ0v) is 27.9. The summed E-state index contributed by atoms with van der Waals surface area (Å²) in [6, 6.07) is 54.2. The van der Waals surface area contributed by atoms with Crippen molar-refractivity contribution in [2.24, 2.45) is 0 Å². The van der Waals surface area contributed by atoms with Crippen LogP contribution < -0.4 is 0 Å². The van der Waals surface area contributed by atoms with Crippen molar-refractivity contribution in [1.82, 2.24) is 0 Å². The van der Waals surface area contributed by atoms with Gasteiger partial charge in [-0.3, -0.25) is 0 Å². The summed E-state index contributed by atoms with van der Waals surface area (Å²) in [4.78, 5) is 0. The number of hydrogen-bond donors (Lipinski definition) is 0. The molecule has 0 aliphatic carbocycles. The topological polar surface area (TPSA) is 0 Å². The van der Waals surface area contributed by atoms with Crippen LogP contribution >= 0.6 is 0 Å². The summed E-state index contributed by atoms with van der Waals surface area (Å²) >= 11 is 0. The maximum Gasteiger partial charge on any atom is -0.00263 e. The lowest BCUT2D eigenvalue weighted by atomic mass is 9.86. The quantitative estimate of drug-likeness (QED) is 0.181. The highest BCUT2D eigenvalue weighted by atomic mass is 14.2. The van der Waals surface area contributed by atoms with Gasteiger partial charge in [0.15, 0.2) is 0 Å². The van der Waals surface area contributed by atoms with Crippen molar-refractivity contribution in [2.45, 2.75) is 48.5 Å². The molecule has 0 saturated carbocycles. The van der Waals surface area contributed by atoms with E-state index in [4.69, 9.17) is 0 Å². The van der Waals surface area contributed by atoms with Crippen LogP contribution in [0.5, 0.6) is 0 Å². The van der Waals surface area contributed by atoms with E-state index in [1.165, 1.54) is 71.6 Å². The zero-order chi connectivity index (χ0) is 32.2. The standard InChI is InChI=1S/C27H20.C14H14.2C2H6/c1-19-10-9-13-21(18-19)27-24-16-7-5-14-22(24)26(20-11-3-2-4-12-20)23-15-6-8-17-25(23)27;1-11-7-3-5-9-13(11)14-10-6-4-8-12(14)2;2*1-2/h2-18H,1H3;3-10H,1-2H3;2*1-2H3. The lowest BCUT2D eigenvalue weighted by Crippen LogP contribution is -1.90. The zero-order valence-electron chi connectivity index (χ0n) is 27.9. The minimum Gasteiger partial charge on any atom is -0.0683 e. The van der Waals surface area contributed by atoms with Crippen molar-refractivity contribution in [1.29, 1.82) is 0 Å². The van der Waals surface area contributed by atoms with Gasteiger partial charge in [-0.25, -0.2) is 0 Å². The van der Waals surface area contributed by atoms with Gasteiger partial charge in [-0.2, -0.15) is 0 Å². The summed E-state index contributed by atoms with van der Waals surface area (Å²) in [5, 5.41) is 5.22. The maximum absolute atomic E-state index is 2.29. The summed E-state index contributed by atoms with van der Waals surface area (Å²) in [6.07, 6.45) is 0. The number of fused-ring (bicyclic) bond motifs is 2. The molecule has 0 spiro atoms. The van der Waals surface area contributed by atoms with Crippen LogP contribution in [0.25, 0.3) is 54.9 Å². The first kappa shape index (κ1) is 33.0. The van der Waals surface area contributed by atoms with Gasteiger partial charge in [-0.1, -0.05) is 185 Å². The van der Waals surface area contributed by atoms with E-state index >= 15 is 0 Å². The predicted octanol–water partition coefficient (Wildman–Crippen LogP) is 13.7. The van der Waals surface area contributed by atoms with Crippen LogP contribution in [-0.4, -0.2) is 0 Å². The molecule has 7 rings (SSSR count). The van der Waals surface area contributed by atoms with E-state index in [2.05, 4.69) is 172 Å². The molecule has 0 nitrogen and oxygen atoms in total. The van der Waals surface area contributed by atoms with Crippen molar-refractivity contribution >= 4 is 21.5 Å². The van der Waals surface area contributed by atoms with Crippen LogP contribution in [0.1, 0.15) is 44.4 Å². The Kier molecular flexibility index (Phi) is 11.9. The molecule has 0 saturated heterocycles. The lowest BCUT2D eigenvalue weighted by Gasteiger charge is -2.17. The van der Waals surface area contributed by atoms with E-state index in [-0.39, 0.29) is 0 Å². The molecular weight excluding hydrogens is 540 g/mol. The van der Waals surface area contributed by atoms with E-state index in [9.17, 15) is 0 Å². The van der Waals surface area contributed by atoms with Crippen LogP contribution in [0, 0.1) is 20.8 Å². The molecule has 0 aliphatic heterocycles. The first-order valence-electron chi connectivity index (χ1n) is 16.3. The van der Waals surface area contributed by atoms with Crippen molar-refractivity contribution in [2.75, 3.05) is 0 Å². The Morgan fingerprint density at radius 3 is 1.09 bits per heavy atom. The summed E-state index contributed by atoms with van der Waals surface area (Å²) in [6.45, 7) is 14.5. The summed E-state index contributed by atoms with van der Waals surface area (Å²) in [7, 11) is 0. The highest BCUT2D eigenvalue weighted by molar-refractivity contribution is 6.21. The molecular formula is C45H46. The third kappa shape index (κ3) is 7.41. The SMILES string of the molecule is CC.CC.Cc1cccc(-c2c3ccccc3c(-c3ccccc3)c3ccccc23)c1.Cc1ccccc1-c1ccccc1C. The molecule has 0 atom stereocenters. The van der Waals surface area contributed by atoms with E-state index in [1.807, 2.05) is 27.7 Å². The number of rotatable bonds is 3. The molecule has 7 aromatic rings. The van der Waals surface area contributed by atoms with Crippen LogP contribution in [-0.2, 0) is 0 Å². The highest BCUT2D eigenvalue weighted by Crippen LogP contribution is 2.43. The molecule has 0 aliphatic rings. The first-order chi connectivity index (χ1) is 22.1. The molecule has 0 unspecified atom stereocenters. The number of benzene rings is 7. The minimum absolute atomic E-state index is 1.26. The molecule has 0 bridgehead atoms. The van der Waals surface area contributed by atoms with Gasteiger partial charge in [-0.15, -0.1) is 0 Å². The molecule has 0 radical (unpaired) electrons. The van der Waals surface area contributed by atoms with Crippen LogP contribution in [0.4, 0.5) is 0 Å². The Balaban J connectivity index is 0.000000216. The second kappa shape index (κ2) is 16.2. The second-order valence-corrected chi connectivity index (χ2v) is 10.7. The van der Waals surface area contributed by atoms with E-state index in [0.717, 1.165) is 0 Å². The Labute approximate surface area is 271 Å². The van der Waals surface area contributed by atoms with Gasteiger partial charge in [0.1, 0.15) is 0 Å². The number of aryl methyl sites for hydroxylation is 3. The molecule has 45 heavy (non-hydrogen) atoms. The van der Waals surface area contributed by atoms with Crippen molar-refractivity contribution < 1.29 is 0 Å². The normalized spacial score (nSPS) is 10.1. The second-order valence-electron chi connectivity index (χ2n) is 10.7. The molecule has 7 aromatic carbocycles. The monoisotopic (exact) mass is 586 g/mol. The average Bonchev–Trinajstić information content (AvgIpc) is 3.10. The Hall–Kier alpha value is -4.94. The molecule has 0 fully saturated rings. The van der Waals surface area contributed by atoms with Gasteiger partial charge in [0.05, 0.1) is 0 Å². The van der Waals surface area contributed by atoms with Crippen molar-refractivity contribution in [3.8, 4) is 33.4 Å². The first-order valence-corrected chi connectivity index (χ1v) is 16.3. The fraction of sp³-hybridized carbons (Fsp3) is 0.156. The van der Waals surface area contributed by atoms with E-state index in [0.29, 0.717) is 0 Å². The van der Waals surface area contributed by atoms with E-state index in [1.54, 1.807) is 0 Å². The largest absolute Gasteiger partial charge is 0.0683 e. The van der Waals surface area contributed by atoms with Crippen LogP contribution in [0.3, 0.4) is 0 Å². The fourth-order valence-corrected chi connectivity index (χ4v) is 5.91. The fourth-order valence-electron chi connectivity index (χ4n) is 5.91. The smallest absolute Gasteiger partial charge is 0.00263 e. The minimum atomic E-state index is 1.26. The van der Waals surface area contributed by atoms with Crippen molar-refractivity contribution in [3.63, 3.8) is 0 Å².